The molecule has 20 heavy (non-hydrogen) atoms. The van der Waals surface area contributed by atoms with Crippen LogP contribution in [0.3, 0.4) is 0 Å². The first kappa shape index (κ1) is 13.6. The number of likely N-dealkylation sites (tertiary alicyclic amines) is 1. The molecule has 0 N–H and O–H groups in total. The van der Waals surface area contributed by atoms with Gasteiger partial charge in [-0.2, -0.15) is 0 Å². The third-order valence-electron chi connectivity index (χ3n) is 4.78. The maximum Gasteiger partial charge on any atom is 0.225 e. The highest BCUT2D eigenvalue weighted by Gasteiger charge is 2.31. The second-order valence-electron chi connectivity index (χ2n) is 6.16. The van der Waals surface area contributed by atoms with Crippen LogP contribution >= 0.6 is 0 Å². The normalized spacial score (nSPS) is 24.1. The van der Waals surface area contributed by atoms with Crippen LogP contribution < -0.4 is 0 Å². The molecule has 1 heterocycles. The van der Waals surface area contributed by atoms with Crippen LogP contribution in [0.2, 0.25) is 0 Å². The molecule has 1 aromatic rings. The molecule has 108 valence electrons. The van der Waals surface area contributed by atoms with Gasteiger partial charge in [0.25, 0.3) is 0 Å². The summed E-state index contributed by atoms with van der Waals surface area (Å²) in [5.74, 6) is 0.805. The molecule has 2 fully saturated rings. The van der Waals surface area contributed by atoms with E-state index in [1.807, 2.05) is 12.1 Å². The lowest BCUT2D eigenvalue weighted by Gasteiger charge is -2.32. The highest BCUT2D eigenvalue weighted by atomic mass is 19.1. The van der Waals surface area contributed by atoms with Gasteiger partial charge >= 0.3 is 0 Å². The second kappa shape index (κ2) is 5.94. The predicted octanol–water partition coefficient (Wildman–Crippen LogP) is 3.72. The Morgan fingerprint density at radius 3 is 2.45 bits per heavy atom. The molecule has 1 atom stereocenters. The number of halogens is 1. The standard InChI is InChI=1S/C17H22FNO/c18-16-9-7-13(8-10-16)15-4-1-2-11-19(12-15)17(20)14-5-3-6-14/h7-10,14-15H,1-6,11-12H2. The molecular weight excluding hydrogens is 253 g/mol. The number of nitrogens with zero attached hydrogens (tertiary/aromatic N) is 1. The van der Waals surface area contributed by atoms with Crippen LogP contribution in [0.4, 0.5) is 4.39 Å². The van der Waals surface area contributed by atoms with Crippen LogP contribution in [0, 0.1) is 11.7 Å². The smallest absolute Gasteiger partial charge is 0.225 e. The van der Waals surface area contributed by atoms with E-state index in [0.29, 0.717) is 11.8 Å². The summed E-state index contributed by atoms with van der Waals surface area (Å²) in [6.07, 6.45) is 6.67. The molecule has 1 saturated heterocycles. The van der Waals surface area contributed by atoms with Crippen molar-refractivity contribution in [1.29, 1.82) is 0 Å². The maximum absolute atomic E-state index is 13.0. The fraction of sp³-hybridized carbons (Fsp3) is 0.588. The molecule has 1 aliphatic carbocycles. The zero-order valence-corrected chi connectivity index (χ0v) is 11.9. The lowest BCUT2D eigenvalue weighted by Crippen LogP contribution is -2.40. The van der Waals surface area contributed by atoms with Crippen molar-refractivity contribution < 1.29 is 9.18 Å². The van der Waals surface area contributed by atoms with Gasteiger partial charge in [0.2, 0.25) is 5.91 Å². The Morgan fingerprint density at radius 1 is 1.05 bits per heavy atom. The predicted molar refractivity (Wildman–Crippen MR) is 76.9 cm³/mol. The lowest BCUT2D eigenvalue weighted by atomic mass is 9.84. The molecule has 1 amide bonds. The van der Waals surface area contributed by atoms with Crippen molar-refractivity contribution in [3.8, 4) is 0 Å². The Kier molecular flexibility index (Phi) is 4.04. The van der Waals surface area contributed by atoms with Crippen LogP contribution in [0.15, 0.2) is 24.3 Å². The van der Waals surface area contributed by atoms with E-state index in [-0.39, 0.29) is 11.7 Å². The van der Waals surface area contributed by atoms with Gasteiger partial charge in [-0.3, -0.25) is 4.79 Å². The first-order valence-electron chi connectivity index (χ1n) is 7.78. The summed E-state index contributed by atoms with van der Waals surface area (Å²) in [6.45, 7) is 1.70. The summed E-state index contributed by atoms with van der Waals surface area (Å²) >= 11 is 0. The minimum Gasteiger partial charge on any atom is -0.342 e. The van der Waals surface area contributed by atoms with Crippen molar-refractivity contribution in [2.45, 2.75) is 44.4 Å². The van der Waals surface area contributed by atoms with Crippen LogP contribution in [0.1, 0.15) is 50.0 Å². The van der Waals surface area contributed by atoms with Gasteiger partial charge < -0.3 is 4.90 Å². The maximum atomic E-state index is 13.0. The van der Waals surface area contributed by atoms with Gasteiger partial charge in [0.15, 0.2) is 0 Å². The number of amides is 1. The van der Waals surface area contributed by atoms with Gasteiger partial charge in [-0.1, -0.05) is 25.0 Å². The Morgan fingerprint density at radius 2 is 1.80 bits per heavy atom. The minimum absolute atomic E-state index is 0.190. The average molecular weight is 275 g/mol. The third-order valence-corrected chi connectivity index (χ3v) is 4.78. The van der Waals surface area contributed by atoms with Crippen molar-refractivity contribution >= 4 is 5.91 Å². The van der Waals surface area contributed by atoms with Gasteiger partial charge in [-0.25, -0.2) is 4.39 Å². The van der Waals surface area contributed by atoms with Gasteiger partial charge in [0.05, 0.1) is 0 Å². The summed E-state index contributed by atoms with van der Waals surface area (Å²) in [5.41, 5.74) is 1.17. The number of rotatable bonds is 2. The first-order chi connectivity index (χ1) is 9.74. The van der Waals surface area contributed by atoms with Crippen molar-refractivity contribution in [3.63, 3.8) is 0 Å². The molecule has 1 unspecified atom stereocenters. The molecule has 2 aliphatic rings. The molecule has 3 rings (SSSR count). The van der Waals surface area contributed by atoms with E-state index in [9.17, 15) is 9.18 Å². The number of hydrogen-bond acceptors (Lipinski definition) is 1. The topological polar surface area (TPSA) is 20.3 Å². The molecule has 3 heteroatoms. The molecule has 0 aromatic heterocycles. The van der Waals surface area contributed by atoms with Crippen molar-refractivity contribution in [2.75, 3.05) is 13.1 Å². The van der Waals surface area contributed by atoms with E-state index in [0.717, 1.165) is 45.2 Å². The molecule has 2 nitrogen and oxygen atoms in total. The van der Waals surface area contributed by atoms with Crippen LogP contribution in [0.5, 0.6) is 0 Å². The van der Waals surface area contributed by atoms with Crippen LogP contribution in [-0.4, -0.2) is 23.9 Å². The summed E-state index contributed by atoms with van der Waals surface area (Å²) in [5, 5.41) is 0. The number of carbonyl (C=O) groups is 1. The van der Waals surface area contributed by atoms with E-state index in [1.165, 1.54) is 24.1 Å². The fourth-order valence-corrected chi connectivity index (χ4v) is 3.26. The molecule has 1 aliphatic heterocycles. The Balaban J connectivity index is 1.71. The zero-order chi connectivity index (χ0) is 13.9. The fourth-order valence-electron chi connectivity index (χ4n) is 3.26. The van der Waals surface area contributed by atoms with Crippen LogP contribution in [0.25, 0.3) is 0 Å². The van der Waals surface area contributed by atoms with Gasteiger partial charge in [-0.05, 0) is 43.4 Å². The lowest BCUT2D eigenvalue weighted by molar-refractivity contribution is -0.138. The third kappa shape index (κ3) is 2.87. The quantitative estimate of drug-likeness (QED) is 0.805. The van der Waals surface area contributed by atoms with Crippen molar-refractivity contribution in [1.82, 2.24) is 4.90 Å². The van der Waals surface area contributed by atoms with Gasteiger partial charge in [0, 0.05) is 24.9 Å². The van der Waals surface area contributed by atoms with E-state index >= 15 is 0 Å². The summed E-state index contributed by atoms with van der Waals surface area (Å²) in [6, 6.07) is 6.80. The molecule has 0 spiro atoms. The molecular formula is C17H22FNO. The minimum atomic E-state index is -0.190. The first-order valence-corrected chi connectivity index (χ1v) is 7.78. The Hall–Kier alpha value is -1.38. The van der Waals surface area contributed by atoms with Crippen LogP contribution in [-0.2, 0) is 4.79 Å². The second-order valence-corrected chi connectivity index (χ2v) is 6.16. The highest BCUT2D eigenvalue weighted by molar-refractivity contribution is 5.79. The molecule has 1 saturated carbocycles. The van der Waals surface area contributed by atoms with Gasteiger partial charge in [0.1, 0.15) is 5.82 Å². The van der Waals surface area contributed by atoms with Gasteiger partial charge in [-0.15, -0.1) is 0 Å². The Labute approximate surface area is 120 Å². The highest BCUT2D eigenvalue weighted by Crippen LogP contribution is 2.32. The largest absolute Gasteiger partial charge is 0.342 e. The summed E-state index contributed by atoms with van der Waals surface area (Å²) in [7, 11) is 0. The monoisotopic (exact) mass is 275 g/mol. The summed E-state index contributed by atoms with van der Waals surface area (Å²) < 4.78 is 13.0. The SMILES string of the molecule is O=C(C1CCC1)N1CCCCC(c2ccc(F)cc2)C1. The molecule has 1 aromatic carbocycles. The summed E-state index contributed by atoms with van der Waals surface area (Å²) in [4.78, 5) is 14.5. The van der Waals surface area contributed by atoms with Crippen molar-refractivity contribution in [3.05, 3.63) is 35.6 Å². The van der Waals surface area contributed by atoms with E-state index in [2.05, 4.69) is 4.90 Å². The zero-order valence-electron chi connectivity index (χ0n) is 11.9. The number of hydrogen-bond donors (Lipinski definition) is 0. The average Bonchev–Trinajstić information content (AvgIpc) is 2.63. The number of benzene rings is 1. The van der Waals surface area contributed by atoms with Crippen molar-refractivity contribution in [2.24, 2.45) is 5.92 Å². The molecule has 0 radical (unpaired) electrons. The van der Waals surface area contributed by atoms with E-state index in [1.54, 1.807) is 0 Å². The number of carbonyl (C=O) groups excluding carboxylic acids is 1. The van der Waals surface area contributed by atoms with E-state index < -0.39 is 0 Å². The molecule has 0 bridgehead atoms. The van der Waals surface area contributed by atoms with E-state index in [4.69, 9.17) is 0 Å². The Bertz CT molecular complexity index is 466.